The van der Waals surface area contributed by atoms with Gasteiger partial charge in [-0.15, -0.1) is 0 Å². The second-order valence-electron chi connectivity index (χ2n) is 6.02. The highest BCUT2D eigenvalue weighted by molar-refractivity contribution is 7.92. The summed E-state index contributed by atoms with van der Waals surface area (Å²) < 4.78 is 27.8. The van der Waals surface area contributed by atoms with Crippen LogP contribution in [-0.2, 0) is 10.0 Å². The monoisotopic (exact) mass is 392 g/mol. The van der Waals surface area contributed by atoms with E-state index in [-0.39, 0.29) is 10.6 Å². The number of rotatable bonds is 4. The predicted octanol–water partition coefficient (Wildman–Crippen LogP) is 4.10. The molecule has 0 amide bonds. The van der Waals surface area contributed by atoms with E-state index in [1.54, 1.807) is 18.2 Å². The van der Waals surface area contributed by atoms with Crippen LogP contribution >= 0.6 is 0 Å². The molecule has 0 radical (unpaired) electrons. The van der Waals surface area contributed by atoms with Crippen LogP contribution in [0.2, 0.25) is 0 Å². The number of nitrogens with one attached hydrogen (secondary N) is 1. The highest BCUT2D eigenvalue weighted by Crippen LogP contribution is 2.22. The number of nitro groups is 1. The SMILES string of the molecule is Cc1ccc(NS(=O)(=O)c2ccc([N+](=O)[O-])cc2)c(C#Cc2ccccc2)c1. The van der Waals surface area contributed by atoms with Crippen LogP contribution in [0.15, 0.2) is 77.7 Å². The van der Waals surface area contributed by atoms with Gasteiger partial charge in [0.15, 0.2) is 0 Å². The predicted molar refractivity (Wildman–Crippen MR) is 108 cm³/mol. The van der Waals surface area contributed by atoms with Gasteiger partial charge in [0, 0.05) is 23.3 Å². The number of sulfonamides is 1. The second-order valence-corrected chi connectivity index (χ2v) is 7.70. The molecule has 3 rings (SSSR count). The summed E-state index contributed by atoms with van der Waals surface area (Å²) in [6.45, 7) is 1.89. The van der Waals surface area contributed by atoms with Crippen molar-refractivity contribution in [3.63, 3.8) is 0 Å². The van der Waals surface area contributed by atoms with Crippen LogP contribution in [0, 0.1) is 28.9 Å². The van der Waals surface area contributed by atoms with E-state index in [2.05, 4.69) is 16.6 Å². The molecule has 0 aromatic heterocycles. The molecule has 0 fully saturated rings. The molecule has 0 heterocycles. The van der Waals surface area contributed by atoms with Crippen molar-refractivity contribution >= 4 is 21.4 Å². The molecule has 0 atom stereocenters. The fourth-order valence-electron chi connectivity index (χ4n) is 2.46. The van der Waals surface area contributed by atoms with Gasteiger partial charge in [-0.05, 0) is 48.9 Å². The first-order valence-corrected chi connectivity index (χ1v) is 9.78. The van der Waals surface area contributed by atoms with E-state index in [9.17, 15) is 18.5 Å². The third kappa shape index (κ3) is 4.55. The molecule has 140 valence electrons. The average molecular weight is 392 g/mol. The normalized spacial score (nSPS) is 10.6. The van der Waals surface area contributed by atoms with Crippen LogP contribution in [-0.4, -0.2) is 13.3 Å². The summed E-state index contributed by atoms with van der Waals surface area (Å²) in [5.41, 5.74) is 2.45. The largest absolute Gasteiger partial charge is 0.278 e. The van der Waals surface area contributed by atoms with Gasteiger partial charge in [-0.1, -0.05) is 36.1 Å². The van der Waals surface area contributed by atoms with E-state index in [1.165, 1.54) is 12.1 Å². The lowest BCUT2D eigenvalue weighted by Gasteiger charge is -2.10. The van der Waals surface area contributed by atoms with Crippen molar-refractivity contribution in [1.29, 1.82) is 0 Å². The van der Waals surface area contributed by atoms with Crippen molar-refractivity contribution in [1.82, 2.24) is 0 Å². The van der Waals surface area contributed by atoms with E-state index < -0.39 is 14.9 Å². The lowest BCUT2D eigenvalue weighted by Crippen LogP contribution is -2.14. The summed E-state index contributed by atoms with van der Waals surface area (Å²) in [4.78, 5) is 10.1. The minimum atomic E-state index is -3.91. The van der Waals surface area contributed by atoms with Gasteiger partial charge in [0.25, 0.3) is 15.7 Å². The van der Waals surface area contributed by atoms with E-state index >= 15 is 0 Å². The Kier molecular flexibility index (Phi) is 5.43. The fourth-order valence-corrected chi connectivity index (χ4v) is 3.54. The average Bonchev–Trinajstić information content (AvgIpc) is 2.69. The van der Waals surface area contributed by atoms with E-state index in [4.69, 9.17) is 0 Å². The third-order valence-corrected chi connectivity index (χ3v) is 5.27. The highest BCUT2D eigenvalue weighted by atomic mass is 32.2. The molecular formula is C21H16N2O4S. The van der Waals surface area contributed by atoms with Gasteiger partial charge < -0.3 is 0 Å². The quantitative estimate of drug-likeness (QED) is 0.411. The maximum Gasteiger partial charge on any atom is 0.269 e. The molecule has 0 aliphatic carbocycles. The van der Waals surface area contributed by atoms with Crippen molar-refractivity contribution in [2.45, 2.75) is 11.8 Å². The molecule has 0 saturated heterocycles. The van der Waals surface area contributed by atoms with Crippen molar-refractivity contribution in [3.8, 4) is 11.8 Å². The second kappa shape index (κ2) is 7.94. The van der Waals surface area contributed by atoms with Gasteiger partial charge in [-0.3, -0.25) is 14.8 Å². The molecule has 0 aliphatic rings. The van der Waals surface area contributed by atoms with Crippen LogP contribution in [0.4, 0.5) is 11.4 Å². The molecule has 0 saturated carbocycles. The molecule has 28 heavy (non-hydrogen) atoms. The van der Waals surface area contributed by atoms with Crippen molar-refractivity contribution in [3.05, 3.63) is 99.6 Å². The summed E-state index contributed by atoms with van der Waals surface area (Å²) in [5, 5.41) is 10.7. The Labute approximate surface area is 163 Å². The van der Waals surface area contributed by atoms with Crippen LogP contribution in [0.3, 0.4) is 0 Å². The van der Waals surface area contributed by atoms with Crippen molar-refractivity contribution in [2.24, 2.45) is 0 Å². The van der Waals surface area contributed by atoms with Crippen LogP contribution < -0.4 is 4.72 Å². The number of aryl methyl sites for hydroxylation is 1. The van der Waals surface area contributed by atoms with Crippen molar-refractivity contribution in [2.75, 3.05) is 4.72 Å². The molecule has 0 bridgehead atoms. The van der Waals surface area contributed by atoms with E-state index in [1.807, 2.05) is 37.3 Å². The Hall–Kier alpha value is -3.63. The van der Waals surface area contributed by atoms with Crippen LogP contribution in [0.25, 0.3) is 0 Å². The number of nitro benzene ring substituents is 1. The first-order chi connectivity index (χ1) is 13.3. The molecule has 6 nitrogen and oxygen atoms in total. The first-order valence-electron chi connectivity index (χ1n) is 8.30. The van der Waals surface area contributed by atoms with Crippen molar-refractivity contribution < 1.29 is 13.3 Å². The molecule has 1 N–H and O–H groups in total. The Morgan fingerprint density at radius 2 is 1.61 bits per heavy atom. The number of benzene rings is 3. The molecule has 0 spiro atoms. The summed E-state index contributed by atoms with van der Waals surface area (Å²) in [6, 6.07) is 19.3. The molecule has 7 heteroatoms. The maximum absolute atomic E-state index is 12.7. The lowest BCUT2D eigenvalue weighted by molar-refractivity contribution is -0.384. The topological polar surface area (TPSA) is 89.3 Å². The van der Waals surface area contributed by atoms with Gasteiger partial charge in [0.1, 0.15) is 0 Å². The minimum Gasteiger partial charge on any atom is -0.278 e. The third-order valence-electron chi connectivity index (χ3n) is 3.89. The summed E-state index contributed by atoms with van der Waals surface area (Å²) in [6.07, 6.45) is 0. The number of nitrogens with zero attached hydrogens (tertiary/aromatic N) is 1. The fraction of sp³-hybridized carbons (Fsp3) is 0.0476. The minimum absolute atomic E-state index is 0.0688. The zero-order chi connectivity index (χ0) is 20.1. The molecule has 3 aromatic carbocycles. The van der Waals surface area contributed by atoms with E-state index in [0.717, 1.165) is 23.3 Å². The Balaban J connectivity index is 1.93. The van der Waals surface area contributed by atoms with E-state index in [0.29, 0.717) is 11.3 Å². The van der Waals surface area contributed by atoms with Gasteiger partial charge >= 0.3 is 0 Å². The highest BCUT2D eigenvalue weighted by Gasteiger charge is 2.17. The molecule has 3 aromatic rings. The van der Waals surface area contributed by atoms with Crippen LogP contribution in [0.1, 0.15) is 16.7 Å². The van der Waals surface area contributed by atoms with Gasteiger partial charge in [0.2, 0.25) is 0 Å². The molecular weight excluding hydrogens is 376 g/mol. The Morgan fingerprint density at radius 3 is 2.25 bits per heavy atom. The lowest BCUT2D eigenvalue weighted by atomic mass is 10.1. The maximum atomic E-state index is 12.7. The molecule has 0 unspecified atom stereocenters. The number of hydrogen-bond acceptors (Lipinski definition) is 4. The van der Waals surface area contributed by atoms with Gasteiger partial charge in [-0.2, -0.15) is 0 Å². The molecule has 0 aliphatic heterocycles. The summed E-state index contributed by atoms with van der Waals surface area (Å²) >= 11 is 0. The number of hydrogen-bond donors (Lipinski definition) is 1. The summed E-state index contributed by atoms with van der Waals surface area (Å²) in [5.74, 6) is 6.02. The van der Waals surface area contributed by atoms with Crippen LogP contribution in [0.5, 0.6) is 0 Å². The first kappa shape index (κ1) is 19.1. The Morgan fingerprint density at radius 1 is 0.929 bits per heavy atom. The number of anilines is 1. The smallest absolute Gasteiger partial charge is 0.269 e. The van der Waals surface area contributed by atoms with Gasteiger partial charge in [-0.25, -0.2) is 8.42 Å². The zero-order valence-electron chi connectivity index (χ0n) is 14.9. The standard InChI is InChI=1S/C21H16N2O4S/c1-16-7-14-21(18(15-16)9-8-17-5-3-2-4-6-17)22-28(26,27)20-12-10-19(11-13-20)23(24)25/h2-7,10-15,22H,1H3. The number of non-ortho nitro benzene ring substituents is 1. The Bertz CT molecular complexity index is 1180. The summed E-state index contributed by atoms with van der Waals surface area (Å²) in [7, 11) is -3.91. The van der Waals surface area contributed by atoms with Gasteiger partial charge in [0.05, 0.1) is 15.5 Å². The zero-order valence-corrected chi connectivity index (χ0v) is 15.7.